The molecule has 1 aromatic rings. The molecule has 0 bridgehead atoms. The maximum atomic E-state index is 10.9. The summed E-state index contributed by atoms with van der Waals surface area (Å²) in [6.07, 6.45) is -0.706. The van der Waals surface area contributed by atoms with Crippen molar-refractivity contribution in [1.29, 1.82) is 5.26 Å². The fourth-order valence-electron chi connectivity index (χ4n) is 1.32. The van der Waals surface area contributed by atoms with E-state index >= 15 is 0 Å². The standard InChI is InChI=1S/C12H15N3O3/c1-8(16)12(2,3)14-10-6-9(7-13)4-5-11(10)15(17)18/h4-6,8,14,16H,1-3H3. The number of nitrogens with one attached hydrogen (secondary N) is 1. The first kappa shape index (κ1) is 13.9. The van der Waals surface area contributed by atoms with Gasteiger partial charge in [-0.3, -0.25) is 10.1 Å². The Morgan fingerprint density at radius 1 is 1.56 bits per heavy atom. The van der Waals surface area contributed by atoms with Crippen molar-refractivity contribution in [2.24, 2.45) is 0 Å². The molecular formula is C12H15N3O3. The van der Waals surface area contributed by atoms with Crippen LogP contribution in [0, 0.1) is 21.4 Å². The van der Waals surface area contributed by atoms with E-state index in [4.69, 9.17) is 5.26 Å². The molecule has 0 fully saturated rings. The van der Waals surface area contributed by atoms with E-state index in [0.717, 1.165) is 0 Å². The maximum absolute atomic E-state index is 10.9. The normalized spacial score (nSPS) is 12.6. The van der Waals surface area contributed by atoms with Crippen molar-refractivity contribution in [1.82, 2.24) is 0 Å². The van der Waals surface area contributed by atoms with E-state index in [1.807, 2.05) is 6.07 Å². The summed E-state index contributed by atoms with van der Waals surface area (Å²) in [5.41, 5.74) is -0.309. The highest BCUT2D eigenvalue weighted by atomic mass is 16.6. The molecule has 0 aliphatic heterocycles. The molecule has 1 unspecified atom stereocenters. The topological polar surface area (TPSA) is 99.2 Å². The molecule has 1 aromatic carbocycles. The summed E-state index contributed by atoms with van der Waals surface area (Å²) in [5.74, 6) is 0. The molecule has 18 heavy (non-hydrogen) atoms. The van der Waals surface area contributed by atoms with Crippen molar-refractivity contribution in [3.8, 4) is 6.07 Å². The van der Waals surface area contributed by atoms with E-state index in [0.29, 0.717) is 5.56 Å². The zero-order valence-corrected chi connectivity index (χ0v) is 10.5. The van der Waals surface area contributed by atoms with Crippen LogP contribution in [0.25, 0.3) is 0 Å². The number of nitriles is 1. The van der Waals surface area contributed by atoms with Gasteiger partial charge in [0.05, 0.1) is 28.2 Å². The lowest BCUT2D eigenvalue weighted by Gasteiger charge is -2.30. The lowest BCUT2D eigenvalue weighted by molar-refractivity contribution is -0.384. The minimum atomic E-state index is -0.737. The second-order valence-electron chi connectivity index (χ2n) is 4.62. The first-order chi connectivity index (χ1) is 8.27. The van der Waals surface area contributed by atoms with E-state index in [1.165, 1.54) is 18.2 Å². The van der Waals surface area contributed by atoms with Gasteiger partial charge in [0, 0.05) is 6.07 Å². The summed E-state index contributed by atoms with van der Waals surface area (Å²) in [6.45, 7) is 5.04. The van der Waals surface area contributed by atoms with Gasteiger partial charge in [0.25, 0.3) is 5.69 Å². The molecule has 0 aromatic heterocycles. The molecule has 0 aliphatic carbocycles. The van der Waals surface area contributed by atoms with Crippen molar-refractivity contribution in [2.75, 3.05) is 5.32 Å². The molecule has 6 heteroatoms. The fourth-order valence-corrected chi connectivity index (χ4v) is 1.32. The minimum absolute atomic E-state index is 0.122. The van der Waals surface area contributed by atoms with E-state index in [9.17, 15) is 15.2 Å². The van der Waals surface area contributed by atoms with E-state index in [2.05, 4.69) is 5.32 Å². The van der Waals surface area contributed by atoms with Crippen molar-refractivity contribution in [2.45, 2.75) is 32.4 Å². The zero-order chi connectivity index (χ0) is 13.9. The van der Waals surface area contributed by atoms with Crippen LogP contribution >= 0.6 is 0 Å². The molecule has 0 saturated carbocycles. The molecule has 6 nitrogen and oxygen atoms in total. The lowest BCUT2D eigenvalue weighted by atomic mass is 9.98. The Balaban J connectivity index is 3.21. The third kappa shape index (κ3) is 2.96. The average Bonchev–Trinajstić information content (AvgIpc) is 2.27. The maximum Gasteiger partial charge on any atom is 0.292 e. The quantitative estimate of drug-likeness (QED) is 0.628. The number of nitro benzene ring substituents is 1. The van der Waals surface area contributed by atoms with Crippen molar-refractivity contribution < 1.29 is 10.0 Å². The van der Waals surface area contributed by atoms with Gasteiger partial charge in [-0.25, -0.2) is 0 Å². The van der Waals surface area contributed by atoms with Gasteiger partial charge in [-0.05, 0) is 32.9 Å². The van der Waals surface area contributed by atoms with E-state index in [-0.39, 0.29) is 11.4 Å². The number of anilines is 1. The summed E-state index contributed by atoms with van der Waals surface area (Å²) in [5, 5.41) is 32.2. The zero-order valence-electron chi connectivity index (χ0n) is 10.5. The predicted molar refractivity (Wildman–Crippen MR) is 67.2 cm³/mol. The van der Waals surface area contributed by atoms with Crippen LogP contribution in [-0.4, -0.2) is 21.7 Å². The first-order valence-corrected chi connectivity index (χ1v) is 5.42. The number of hydrogen-bond acceptors (Lipinski definition) is 5. The van der Waals surface area contributed by atoms with E-state index in [1.54, 1.807) is 20.8 Å². The van der Waals surface area contributed by atoms with Gasteiger partial charge in [-0.1, -0.05) is 0 Å². The highest BCUT2D eigenvalue weighted by Crippen LogP contribution is 2.29. The monoisotopic (exact) mass is 249 g/mol. The van der Waals surface area contributed by atoms with Gasteiger partial charge >= 0.3 is 0 Å². The number of nitrogens with zero attached hydrogens (tertiary/aromatic N) is 2. The molecule has 1 atom stereocenters. The van der Waals surface area contributed by atoms with Crippen LogP contribution in [0.1, 0.15) is 26.3 Å². The predicted octanol–water partition coefficient (Wildman–Crippen LogP) is 2.04. The molecule has 0 amide bonds. The second kappa shape index (κ2) is 5.02. The first-order valence-electron chi connectivity index (χ1n) is 5.42. The van der Waals surface area contributed by atoms with Crippen LogP contribution in [0.15, 0.2) is 18.2 Å². The van der Waals surface area contributed by atoms with Gasteiger partial charge in [0.15, 0.2) is 0 Å². The molecule has 0 spiro atoms. The third-order valence-corrected chi connectivity index (χ3v) is 2.82. The molecular weight excluding hydrogens is 234 g/mol. The Morgan fingerprint density at radius 2 is 2.17 bits per heavy atom. The summed E-state index contributed by atoms with van der Waals surface area (Å²) in [4.78, 5) is 10.4. The van der Waals surface area contributed by atoms with Crippen LogP contribution < -0.4 is 5.32 Å². The van der Waals surface area contributed by atoms with E-state index < -0.39 is 16.6 Å². The van der Waals surface area contributed by atoms with Gasteiger partial charge < -0.3 is 10.4 Å². The Hall–Kier alpha value is -2.13. The minimum Gasteiger partial charge on any atom is -0.391 e. The van der Waals surface area contributed by atoms with Gasteiger partial charge in [0.2, 0.25) is 0 Å². The van der Waals surface area contributed by atoms with Crippen molar-refractivity contribution in [3.63, 3.8) is 0 Å². The van der Waals surface area contributed by atoms with Gasteiger partial charge in [-0.2, -0.15) is 5.26 Å². The van der Waals surface area contributed by atoms with Gasteiger partial charge in [-0.15, -0.1) is 0 Å². The highest BCUT2D eigenvalue weighted by Gasteiger charge is 2.27. The highest BCUT2D eigenvalue weighted by molar-refractivity contribution is 5.65. The number of hydrogen-bond donors (Lipinski definition) is 2. The largest absolute Gasteiger partial charge is 0.391 e. The fraction of sp³-hybridized carbons (Fsp3) is 0.417. The average molecular weight is 249 g/mol. The summed E-state index contributed by atoms with van der Waals surface area (Å²) in [6, 6.07) is 5.99. The van der Waals surface area contributed by atoms with Crippen LogP contribution in [-0.2, 0) is 0 Å². The third-order valence-electron chi connectivity index (χ3n) is 2.82. The van der Waals surface area contributed by atoms with Gasteiger partial charge in [0.1, 0.15) is 5.69 Å². The number of aliphatic hydroxyl groups excluding tert-OH is 1. The Kier molecular flexibility index (Phi) is 3.89. The lowest BCUT2D eigenvalue weighted by Crippen LogP contribution is -2.42. The molecule has 1 rings (SSSR count). The number of aliphatic hydroxyl groups is 1. The number of nitro groups is 1. The van der Waals surface area contributed by atoms with Crippen molar-refractivity contribution >= 4 is 11.4 Å². The summed E-state index contributed by atoms with van der Waals surface area (Å²) >= 11 is 0. The molecule has 0 heterocycles. The van der Waals surface area contributed by atoms with Crippen LogP contribution in [0.3, 0.4) is 0 Å². The number of rotatable bonds is 4. The summed E-state index contributed by atoms with van der Waals surface area (Å²) in [7, 11) is 0. The van der Waals surface area contributed by atoms with Crippen LogP contribution in [0.2, 0.25) is 0 Å². The Labute approximate surface area is 105 Å². The molecule has 0 saturated heterocycles. The molecule has 96 valence electrons. The molecule has 2 N–H and O–H groups in total. The Morgan fingerprint density at radius 3 is 2.61 bits per heavy atom. The smallest absolute Gasteiger partial charge is 0.292 e. The molecule has 0 radical (unpaired) electrons. The van der Waals surface area contributed by atoms with Crippen LogP contribution in [0.5, 0.6) is 0 Å². The molecule has 0 aliphatic rings. The second-order valence-corrected chi connectivity index (χ2v) is 4.62. The SMILES string of the molecule is CC(O)C(C)(C)Nc1cc(C#N)ccc1[N+](=O)[O-]. The summed E-state index contributed by atoms with van der Waals surface area (Å²) < 4.78 is 0. The number of benzene rings is 1. The Bertz CT molecular complexity index is 504. The van der Waals surface area contributed by atoms with Crippen molar-refractivity contribution in [3.05, 3.63) is 33.9 Å². The van der Waals surface area contributed by atoms with Crippen LogP contribution in [0.4, 0.5) is 11.4 Å².